The van der Waals surface area contributed by atoms with Crippen molar-refractivity contribution in [3.05, 3.63) is 54.4 Å². The monoisotopic (exact) mass is 321 g/mol. The lowest BCUT2D eigenvalue weighted by Crippen LogP contribution is -2.11. The molecule has 0 saturated heterocycles. The Morgan fingerprint density at radius 1 is 1.17 bits per heavy atom. The number of ether oxygens (including phenoxy) is 2. The van der Waals surface area contributed by atoms with Crippen LogP contribution in [0.2, 0.25) is 0 Å². The number of fused-ring (bicyclic) bond motifs is 1. The van der Waals surface area contributed by atoms with Crippen LogP contribution in [0.1, 0.15) is 12.7 Å². The van der Waals surface area contributed by atoms with Crippen LogP contribution in [0.4, 0.5) is 0 Å². The highest BCUT2D eigenvalue weighted by Crippen LogP contribution is 2.22. The molecule has 5 nitrogen and oxygen atoms in total. The number of imidazole rings is 1. The van der Waals surface area contributed by atoms with E-state index in [1.165, 1.54) is 0 Å². The van der Waals surface area contributed by atoms with Gasteiger partial charge in [0.15, 0.2) is 0 Å². The van der Waals surface area contributed by atoms with Gasteiger partial charge < -0.3 is 14.0 Å². The van der Waals surface area contributed by atoms with Gasteiger partial charge in [0.1, 0.15) is 23.9 Å². The van der Waals surface area contributed by atoms with Crippen LogP contribution in [-0.4, -0.2) is 16.7 Å². The van der Waals surface area contributed by atoms with Gasteiger partial charge in [-0.3, -0.25) is 0 Å². The summed E-state index contributed by atoms with van der Waals surface area (Å²) in [4.78, 5) is 4.65. The second kappa shape index (κ2) is 7.05. The topological polar surface area (TPSA) is 60.1 Å². The van der Waals surface area contributed by atoms with Crippen LogP contribution in [0.5, 0.6) is 11.5 Å². The molecular formula is C19H19N3O2. The number of nitrogens with zero attached hydrogens (tertiary/aromatic N) is 3. The molecule has 2 aromatic carbocycles. The van der Waals surface area contributed by atoms with Crippen molar-refractivity contribution in [2.45, 2.75) is 20.1 Å². The fourth-order valence-corrected chi connectivity index (χ4v) is 2.59. The fourth-order valence-electron chi connectivity index (χ4n) is 2.59. The minimum absolute atomic E-state index is 0.0989. The third kappa shape index (κ3) is 3.33. The zero-order valence-electron chi connectivity index (χ0n) is 13.8. The Kier molecular flexibility index (Phi) is 4.66. The average Bonchev–Trinajstić information content (AvgIpc) is 2.97. The highest BCUT2D eigenvalue weighted by atomic mass is 16.5. The highest BCUT2D eigenvalue weighted by molar-refractivity contribution is 5.75. The summed E-state index contributed by atoms with van der Waals surface area (Å²) in [6.07, 6.45) is 0. The van der Waals surface area contributed by atoms with Crippen molar-refractivity contribution in [2.75, 3.05) is 7.11 Å². The zero-order chi connectivity index (χ0) is 16.9. The van der Waals surface area contributed by atoms with E-state index in [1.807, 2.05) is 55.5 Å². The molecule has 0 aliphatic heterocycles. The molecular weight excluding hydrogens is 302 g/mol. The van der Waals surface area contributed by atoms with Gasteiger partial charge in [0.2, 0.25) is 0 Å². The van der Waals surface area contributed by atoms with Crippen LogP contribution in [0.3, 0.4) is 0 Å². The average molecular weight is 321 g/mol. The smallest absolute Gasteiger partial charge is 0.148 e. The second-order valence-electron chi connectivity index (χ2n) is 5.63. The summed E-state index contributed by atoms with van der Waals surface area (Å²) in [5, 5.41) is 9.13. The van der Waals surface area contributed by atoms with E-state index < -0.39 is 0 Å². The van der Waals surface area contributed by atoms with Gasteiger partial charge in [-0.15, -0.1) is 0 Å². The zero-order valence-corrected chi connectivity index (χ0v) is 13.8. The number of nitriles is 1. The molecule has 0 fully saturated rings. The minimum atomic E-state index is -0.0989. The van der Waals surface area contributed by atoms with Gasteiger partial charge in [-0.25, -0.2) is 4.98 Å². The van der Waals surface area contributed by atoms with Gasteiger partial charge in [0, 0.05) is 12.6 Å². The Morgan fingerprint density at radius 2 is 1.96 bits per heavy atom. The summed E-state index contributed by atoms with van der Waals surface area (Å²) in [6, 6.07) is 17.7. The van der Waals surface area contributed by atoms with Crippen molar-refractivity contribution in [3.8, 4) is 17.6 Å². The van der Waals surface area contributed by atoms with Crippen LogP contribution in [0.25, 0.3) is 11.0 Å². The third-order valence-electron chi connectivity index (χ3n) is 3.82. The summed E-state index contributed by atoms with van der Waals surface area (Å²) in [6.45, 7) is 2.83. The lowest BCUT2D eigenvalue weighted by molar-refractivity contribution is 0.286. The van der Waals surface area contributed by atoms with Crippen molar-refractivity contribution in [1.29, 1.82) is 5.26 Å². The van der Waals surface area contributed by atoms with Crippen molar-refractivity contribution in [3.63, 3.8) is 0 Å². The first kappa shape index (κ1) is 15.9. The standard InChI is InChI=1S/C19H19N3O2/c1-14(11-20)12-22-18-9-4-3-8-17(18)21-19(22)13-24-16-7-5-6-15(10-16)23-2/h3-10,14H,12-13H2,1-2H3. The molecule has 0 spiro atoms. The molecule has 0 saturated carbocycles. The van der Waals surface area contributed by atoms with E-state index in [1.54, 1.807) is 7.11 Å². The normalized spacial score (nSPS) is 11.9. The largest absolute Gasteiger partial charge is 0.497 e. The first-order valence-electron chi connectivity index (χ1n) is 7.82. The molecule has 1 unspecified atom stereocenters. The maximum Gasteiger partial charge on any atom is 0.148 e. The Morgan fingerprint density at radius 3 is 2.75 bits per heavy atom. The van der Waals surface area contributed by atoms with Gasteiger partial charge in [-0.1, -0.05) is 18.2 Å². The highest BCUT2D eigenvalue weighted by Gasteiger charge is 2.13. The maximum absolute atomic E-state index is 9.13. The molecule has 0 N–H and O–H groups in total. The van der Waals surface area contributed by atoms with Crippen molar-refractivity contribution < 1.29 is 9.47 Å². The van der Waals surface area contributed by atoms with Crippen LogP contribution < -0.4 is 9.47 Å². The number of para-hydroxylation sites is 2. The van der Waals surface area contributed by atoms with Gasteiger partial charge in [-0.05, 0) is 31.2 Å². The summed E-state index contributed by atoms with van der Waals surface area (Å²) in [5.74, 6) is 2.18. The molecule has 0 amide bonds. The predicted octanol–water partition coefficient (Wildman–Crippen LogP) is 3.78. The van der Waals surface area contributed by atoms with Crippen molar-refractivity contribution in [1.82, 2.24) is 9.55 Å². The maximum atomic E-state index is 9.13. The lowest BCUT2D eigenvalue weighted by Gasteiger charge is -2.12. The molecule has 24 heavy (non-hydrogen) atoms. The number of methoxy groups -OCH3 is 1. The van der Waals surface area contributed by atoms with E-state index in [2.05, 4.69) is 15.6 Å². The summed E-state index contributed by atoms with van der Waals surface area (Å²) in [7, 11) is 1.63. The predicted molar refractivity (Wildman–Crippen MR) is 91.8 cm³/mol. The van der Waals surface area contributed by atoms with Gasteiger partial charge >= 0.3 is 0 Å². The van der Waals surface area contributed by atoms with Crippen molar-refractivity contribution in [2.24, 2.45) is 5.92 Å². The Hall–Kier alpha value is -3.00. The van der Waals surface area contributed by atoms with E-state index in [9.17, 15) is 0 Å². The van der Waals surface area contributed by atoms with Crippen molar-refractivity contribution >= 4 is 11.0 Å². The fraction of sp³-hybridized carbons (Fsp3) is 0.263. The summed E-state index contributed by atoms with van der Waals surface area (Å²) >= 11 is 0. The van der Waals surface area contributed by atoms with Crippen LogP contribution in [0.15, 0.2) is 48.5 Å². The number of rotatable bonds is 6. The Labute approximate surface area is 141 Å². The molecule has 3 rings (SSSR count). The molecule has 0 aliphatic rings. The minimum Gasteiger partial charge on any atom is -0.497 e. The van der Waals surface area contributed by atoms with Crippen LogP contribution in [0, 0.1) is 17.2 Å². The second-order valence-corrected chi connectivity index (χ2v) is 5.63. The van der Waals surface area contributed by atoms with E-state index in [4.69, 9.17) is 14.7 Å². The van der Waals surface area contributed by atoms with Gasteiger partial charge in [0.05, 0.1) is 30.1 Å². The number of aromatic nitrogens is 2. The number of hydrogen-bond donors (Lipinski definition) is 0. The Balaban J connectivity index is 1.87. The Bertz CT molecular complexity index is 880. The third-order valence-corrected chi connectivity index (χ3v) is 3.82. The SMILES string of the molecule is COc1cccc(OCc2nc3ccccc3n2CC(C)C#N)c1. The number of benzene rings is 2. The van der Waals surface area contributed by atoms with E-state index in [0.717, 1.165) is 28.4 Å². The molecule has 3 aromatic rings. The molecule has 1 aromatic heterocycles. The molecule has 0 aliphatic carbocycles. The van der Waals surface area contributed by atoms with E-state index in [-0.39, 0.29) is 5.92 Å². The van der Waals surface area contributed by atoms with Gasteiger partial charge in [0.25, 0.3) is 0 Å². The van der Waals surface area contributed by atoms with Crippen LogP contribution in [-0.2, 0) is 13.2 Å². The van der Waals surface area contributed by atoms with Gasteiger partial charge in [-0.2, -0.15) is 5.26 Å². The number of hydrogen-bond acceptors (Lipinski definition) is 4. The lowest BCUT2D eigenvalue weighted by atomic mass is 10.2. The molecule has 0 bridgehead atoms. The molecule has 122 valence electrons. The first-order chi connectivity index (χ1) is 11.7. The summed E-state index contributed by atoms with van der Waals surface area (Å²) < 4.78 is 13.1. The quantitative estimate of drug-likeness (QED) is 0.693. The summed E-state index contributed by atoms with van der Waals surface area (Å²) in [5.41, 5.74) is 1.93. The van der Waals surface area contributed by atoms with Crippen LogP contribution >= 0.6 is 0 Å². The van der Waals surface area contributed by atoms with E-state index in [0.29, 0.717) is 13.2 Å². The molecule has 0 radical (unpaired) electrons. The molecule has 1 heterocycles. The molecule has 1 atom stereocenters. The first-order valence-corrected chi connectivity index (χ1v) is 7.82. The van der Waals surface area contributed by atoms with E-state index >= 15 is 0 Å². The molecule has 5 heteroatoms.